The number of hydrogen-bond acceptors (Lipinski definition) is 12. The molecule has 0 amide bonds. The predicted octanol–water partition coefficient (Wildman–Crippen LogP) is 1.73. The topological polar surface area (TPSA) is 196 Å². The number of H-pyrrole nitrogens is 1. The first-order valence-corrected chi connectivity index (χ1v) is 15.6. The van der Waals surface area contributed by atoms with Crippen LogP contribution in [0, 0.1) is 0 Å². The van der Waals surface area contributed by atoms with E-state index in [1.54, 1.807) is 13.0 Å². The quantitative estimate of drug-likeness (QED) is 0.127. The second kappa shape index (κ2) is 11.3. The molecule has 1 aliphatic rings. The molecule has 1 aliphatic heterocycles. The molecule has 14 nitrogen and oxygen atoms in total. The van der Waals surface area contributed by atoms with Crippen LogP contribution in [0.15, 0.2) is 53.6 Å². The zero-order chi connectivity index (χ0) is 30.3. The molecule has 0 spiro atoms. The van der Waals surface area contributed by atoms with Gasteiger partial charge in [-0.2, -0.15) is 4.98 Å². The third kappa shape index (κ3) is 5.52. The zero-order valence-corrected chi connectivity index (χ0v) is 24.7. The van der Waals surface area contributed by atoms with Crippen molar-refractivity contribution in [1.29, 1.82) is 0 Å². The molecule has 0 bridgehead atoms. The fraction of sp³-hybridized carbons (Fsp3) is 0.385. The number of hydrogen-bond donors (Lipinski definition) is 5. The van der Waals surface area contributed by atoms with E-state index in [1.165, 1.54) is 24.9 Å². The van der Waals surface area contributed by atoms with Gasteiger partial charge in [-0.05, 0) is 37.1 Å². The Morgan fingerprint density at radius 1 is 1.33 bits per heavy atom. The van der Waals surface area contributed by atoms with Crippen molar-refractivity contribution in [3.63, 3.8) is 0 Å². The maximum Gasteiger partial charge on any atom is 0.323 e. The molecule has 224 valence electrons. The maximum absolute atomic E-state index is 12.2. The van der Waals surface area contributed by atoms with Crippen molar-refractivity contribution in [2.24, 2.45) is 0 Å². The predicted molar refractivity (Wildman–Crippen MR) is 157 cm³/mol. The Bertz CT molecular complexity index is 1740. The summed E-state index contributed by atoms with van der Waals surface area (Å²) < 4.78 is 24.3. The van der Waals surface area contributed by atoms with Crippen LogP contribution >= 0.6 is 6.64 Å². The minimum Gasteiger partial charge on any atom is -0.468 e. The van der Waals surface area contributed by atoms with E-state index in [2.05, 4.69) is 20.0 Å². The first kappa shape index (κ1) is 30.0. The van der Waals surface area contributed by atoms with Gasteiger partial charge in [0.1, 0.15) is 23.0 Å². The summed E-state index contributed by atoms with van der Waals surface area (Å²) in [6, 6.07) is 12.2. The molecule has 16 heteroatoms. The molecule has 0 saturated carbocycles. The summed E-state index contributed by atoms with van der Waals surface area (Å²) in [4.78, 5) is 34.9. The summed E-state index contributed by atoms with van der Waals surface area (Å²) in [6.45, 7) is -0.935. The maximum atomic E-state index is 12.2. The smallest absolute Gasteiger partial charge is 0.323 e. The summed E-state index contributed by atoms with van der Waals surface area (Å²) in [5, 5.41) is 27.7. The molecule has 3 unspecified atom stereocenters. The Labute approximate surface area is 245 Å². The largest absolute Gasteiger partial charge is 0.468 e. The molecule has 2 aromatic heterocycles. The number of ether oxygens (including phenoxy) is 2. The zero-order valence-electron chi connectivity index (χ0n) is 23.0. The van der Waals surface area contributed by atoms with Crippen LogP contribution in [-0.4, -0.2) is 73.3 Å². The molecule has 5 rings (SSSR count). The van der Waals surface area contributed by atoms with Crippen molar-refractivity contribution in [2.45, 2.75) is 43.7 Å². The van der Waals surface area contributed by atoms with E-state index in [1.807, 2.05) is 36.4 Å². The van der Waals surface area contributed by atoms with Gasteiger partial charge in [0.05, 0.1) is 26.7 Å². The van der Waals surface area contributed by atoms with Crippen LogP contribution in [0.2, 0.25) is 0 Å². The second-order valence-corrected chi connectivity index (χ2v) is 13.3. The van der Waals surface area contributed by atoms with Gasteiger partial charge < -0.3 is 34.5 Å². The van der Waals surface area contributed by atoms with Gasteiger partial charge in [-0.25, -0.2) is 10.1 Å². The van der Waals surface area contributed by atoms with Crippen LogP contribution < -0.4 is 20.9 Å². The number of nitrogens with zero attached hydrogens (tertiary/aromatic N) is 3. The molecule has 2 aromatic carbocycles. The normalized spacial score (nSPS) is 24.5. The van der Waals surface area contributed by atoms with Gasteiger partial charge in [0.2, 0.25) is 5.95 Å². The number of nitrogens with two attached hydrogens (primary N) is 1. The molecular weight excluding hydrogens is 587 g/mol. The summed E-state index contributed by atoms with van der Waals surface area (Å²) in [7, 11) is 1.26. The van der Waals surface area contributed by atoms with Crippen LogP contribution in [0.1, 0.15) is 26.5 Å². The molecule has 42 heavy (non-hydrogen) atoms. The number of rotatable bonds is 10. The van der Waals surface area contributed by atoms with Crippen molar-refractivity contribution in [3.05, 3.63) is 59.1 Å². The van der Waals surface area contributed by atoms with Crippen LogP contribution in [0.3, 0.4) is 0 Å². The van der Waals surface area contributed by atoms with E-state index < -0.39 is 41.6 Å². The third-order valence-corrected chi connectivity index (χ3v) is 9.78. The highest BCUT2D eigenvalue weighted by Gasteiger charge is 2.58. The number of aliphatic hydroxyl groups is 2. The Hall–Kier alpha value is -3.43. The lowest BCUT2D eigenvalue weighted by atomic mass is 9.83. The Balaban J connectivity index is 1.37. The van der Waals surface area contributed by atoms with Gasteiger partial charge in [0.15, 0.2) is 17.4 Å². The van der Waals surface area contributed by atoms with Gasteiger partial charge in [-0.3, -0.25) is 19.1 Å². The summed E-state index contributed by atoms with van der Waals surface area (Å²) in [5.41, 5.74) is 1.51. The first-order chi connectivity index (χ1) is 19.9. The SMILES string of the molecule is COC(=O)C(C)NP(=S)(OCC[C@@]1(O)CO[C@@H](n2cnc3c(=O)[nH]c(N)nc32)C1(C)O)Oc1cccc2ccccc12. The number of aromatic nitrogens is 4. The van der Waals surface area contributed by atoms with Crippen LogP contribution in [0.25, 0.3) is 21.9 Å². The molecule has 1 fully saturated rings. The van der Waals surface area contributed by atoms with Gasteiger partial charge in [0, 0.05) is 11.8 Å². The number of aromatic amines is 1. The van der Waals surface area contributed by atoms with Gasteiger partial charge in [0.25, 0.3) is 5.56 Å². The van der Waals surface area contributed by atoms with Crippen molar-refractivity contribution in [1.82, 2.24) is 24.6 Å². The summed E-state index contributed by atoms with van der Waals surface area (Å²) in [6.07, 6.45) is -0.0113. The number of imidazole rings is 1. The number of benzene rings is 2. The lowest BCUT2D eigenvalue weighted by Gasteiger charge is -2.36. The Morgan fingerprint density at radius 3 is 2.83 bits per heavy atom. The number of nitrogen functional groups attached to an aromatic ring is 1. The molecule has 4 aromatic rings. The number of esters is 1. The average molecular weight is 619 g/mol. The minimum absolute atomic E-state index is 0.000511. The van der Waals surface area contributed by atoms with Crippen LogP contribution in [-0.2, 0) is 30.6 Å². The van der Waals surface area contributed by atoms with Crippen molar-refractivity contribution in [2.75, 3.05) is 26.1 Å². The second-order valence-electron chi connectivity index (χ2n) is 10.1. The van der Waals surface area contributed by atoms with E-state index in [0.29, 0.717) is 5.75 Å². The lowest BCUT2D eigenvalue weighted by Crippen LogP contribution is -2.53. The number of carbonyl (C=O) groups is 1. The fourth-order valence-electron chi connectivity index (χ4n) is 4.84. The molecule has 6 N–H and O–H groups in total. The Kier molecular flexibility index (Phi) is 8.11. The number of fused-ring (bicyclic) bond motifs is 2. The number of carbonyl (C=O) groups excluding carboxylic acids is 1. The highest BCUT2D eigenvalue weighted by atomic mass is 32.5. The van der Waals surface area contributed by atoms with Crippen molar-refractivity contribution < 1.29 is 33.5 Å². The van der Waals surface area contributed by atoms with Crippen LogP contribution in [0.5, 0.6) is 5.75 Å². The van der Waals surface area contributed by atoms with Crippen molar-refractivity contribution in [3.8, 4) is 5.75 Å². The molecular formula is C26H31N6O8PS. The van der Waals surface area contributed by atoms with E-state index in [0.717, 1.165) is 10.8 Å². The lowest BCUT2D eigenvalue weighted by molar-refractivity contribution is -0.143. The summed E-state index contributed by atoms with van der Waals surface area (Å²) >= 11 is 5.80. The summed E-state index contributed by atoms with van der Waals surface area (Å²) in [5.74, 6) is -0.255. The van der Waals surface area contributed by atoms with Gasteiger partial charge >= 0.3 is 12.6 Å². The third-order valence-electron chi connectivity index (χ3n) is 7.26. The molecule has 0 aliphatic carbocycles. The highest BCUT2D eigenvalue weighted by Crippen LogP contribution is 2.49. The van der Waals surface area contributed by atoms with E-state index in [9.17, 15) is 19.8 Å². The number of anilines is 1. The van der Waals surface area contributed by atoms with E-state index in [-0.39, 0.29) is 36.7 Å². The van der Waals surface area contributed by atoms with E-state index in [4.69, 9.17) is 36.1 Å². The molecule has 0 radical (unpaired) electrons. The minimum atomic E-state index is -3.43. The molecule has 1 saturated heterocycles. The number of nitrogens with one attached hydrogen (secondary N) is 2. The van der Waals surface area contributed by atoms with Gasteiger partial charge in [-0.1, -0.05) is 36.4 Å². The van der Waals surface area contributed by atoms with Crippen molar-refractivity contribution >= 4 is 52.3 Å². The first-order valence-electron chi connectivity index (χ1n) is 12.9. The standard InChI is InChI=1S/C26H31N6O8PS/c1-15(22(34)37-3)31-41(42,40-18-10-6-8-16-7-4-5-9-17(16)18)39-12-11-26(36)13-38-23(25(26,2)35)32-14-28-19-20(32)29-24(27)30-21(19)33/h4-10,14-15,23,35-36H,11-13H2,1-3H3,(H,31,42)(H3,27,29,30,33)/t15?,23-,25?,26-,41?/m1/s1. The number of methoxy groups -OCH3 is 1. The molecule has 5 atom stereocenters. The average Bonchev–Trinajstić information content (AvgIpc) is 3.45. The fourth-order valence-corrected chi connectivity index (χ4v) is 7.29. The monoisotopic (exact) mass is 618 g/mol. The van der Waals surface area contributed by atoms with Gasteiger partial charge in [-0.15, -0.1) is 0 Å². The highest BCUT2D eigenvalue weighted by molar-refractivity contribution is 8.09. The van der Waals surface area contributed by atoms with E-state index >= 15 is 0 Å². The molecule has 3 heterocycles. The van der Waals surface area contributed by atoms with Crippen LogP contribution in [0.4, 0.5) is 5.95 Å². The Morgan fingerprint density at radius 2 is 2.07 bits per heavy atom.